The second kappa shape index (κ2) is 6.63. The fraction of sp³-hybridized carbons (Fsp3) is 0.250. The number of thioether (sulfide) groups is 1. The van der Waals surface area contributed by atoms with Gasteiger partial charge in [-0.25, -0.2) is 0 Å². The Kier molecular flexibility index (Phi) is 4.58. The summed E-state index contributed by atoms with van der Waals surface area (Å²) in [6, 6.07) is 14.7. The average Bonchev–Trinajstić information content (AvgIpc) is 2.94. The van der Waals surface area contributed by atoms with E-state index in [0.29, 0.717) is 12.0 Å². The molecule has 0 unspecified atom stereocenters. The average molecular weight is 324 g/mol. The number of furan rings is 1. The van der Waals surface area contributed by atoms with Gasteiger partial charge in [0.05, 0.1) is 5.56 Å². The van der Waals surface area contributed by atoms with Crippen molar-refractivity contribution in [2.75, 3.05) is 6.26 Å². The van der Waals surface area contributed by atoms with E-state index in [1.165, 1.54) is 10.5 Å². The van der Waals surface area contributed by atoms with E-state index in [1.54, 1.807) is 11.8 Å². The molecule has 2 aromatic carbocycles. The van der Waals surface area contributed by atoms with Crippen LogP contribution in [0.25, 0.3) is 11.0 Å². The molecule has 0 fully saturated rings. The van der Waals surface area contributed by atoms with E-state index in [-0.39, 0.29) is 5.78 Å². The minimum Gasteiger partial charge on any atom is -0.461 e. The molecule has 1 heterocycles. The first-order valence-corrected chi connectivity index (χ1v) is 9.02. The van der Waals surface area contributed by atoms with E-state index >= 15 is 0 Å². The van der Waals surface area contributed by atoms with Gasteiger partial charge in [-0.15, -0.1) is 11.8 Å². The number of benzene rings is 2. The number of Topliss-reactive ketones (excluding diaryl/α,β-unsaturated/α-hetero) is 1. The Morgan fingerprint density at radius 1 is 1.09 bits per heavy atom. The van der Waals surface area contributed by atoms with Crippen molar-refractivity contribution in [2.24, 2.45) is 0 Å². The third-order valence-corrected chi connectivity index (χ3v) is 4.73. The molecule has 0 aliphatic rings. The maximum atomic E-state index is 12.3. The van der Waals surface area contributed by atoms with Gasteiger partial charge < -0.3 is 4.42 Å². The molecule has 0 aliphatic carbocycles. The van der Waals surface area contributed by atoms with E-state index in [4.69, 9.17) is 4.42 Å². The Labute approximate surface area is 140 Å². The minimum atomic E-state index is 0.129. The third kappa shape index (κ3) is 3.35. The van der Waals surface area contributed by atoms with Crippen LogP contribution < -0.4 is 0 Å². The number of fused-ring (bicyclic) bond motifs is 1. The molecule has 3 rings (SSSR count). The third-order valence-electron chi connectivity index (χ3n) is 3.99. The summed E-state index contributed by atoms with van der Waals surface area (Å²) in [5, 5.41) is 1.01. The van der Waals surface area contributed by atoms with Crippen LogP contribution in [-0.4, -0.2) is 12.0 Å². The van der Waals surface area contributed by atoms with E-state index in [9.17, 15) is 4.79 Å². The number of ketones is 1. The van der Waals surface area contributed by atoms with Crippen molar-refractivity contribution in [3.63, 3.8) is 0 Å². The Balaban J connectivity index is 2.01. The van der Waals surface area contributed by atoms with E-state index in [0.717, 1.165) is 28.7 Å². The topological polar surface area (TPSA) is 30.2 Å². The fourth-order valence-electron chi connectivity index (χ4n) is 2.82. The first-order chi connectivity index (χ1) is 11.1. The van der Waals surface area contributed by atoms with Crippen molar-refractivity contribution in [1.29, 1.82) is 0 Å². The van der Waals surface area contributed by atoms with E-state index < -0.39 is 0 Å². The number of carbonyl (C=O) groups is 1. The molecule has 3 heteroatoms. The van der Waals surface area contributed by atoms with E-state index in [1.807, 2.05) is 26.0 Å². The van der Waals surface area contributed by atoms with Crippen molar-refractivity contribution in [1.82, 2.24) is 0 Å². The molecule has 0 atom stereocenters. The molecule has 2 nitrogen and oxygen atoms in total. The highest BCUT2D eigenvalue weighted by atomic mass is 32.2. The van der Waals surface area contributed by atoms with Crippen LogP contribution in [0.5, 0.6) is 0 Å². The Morgan fingerprint density at radius 3 is 2.48 bits per heavy atom. The minimum absolute atomic E-state index is 0.129. The molecular formula is C20H20O2S. The normalized spacial score (nSPS) is 11.1. The lowest BCUT2D eigenvalue weighted by Crippen LogP contribution is -1.99. The summed E-state index contributed by atoms with van der Waals surface area (Å²) in [6.45, 7) is 3.80. The van der Waals surface area contributed by atoms with Gasteiger partial charge in [0.15, 0.2) is 5.78 Å². The van der Waals surface area contributed by atoms with Crippen LogP contribution in [0, 0.1) is 6.92 Å². The summed E-state index contributed by atoms with van der Waals surface area (Å²) in [5.41, 5.74) is 3.81. The number of carbonyl (C=O) groups excluding carboxylic acids is 1. The summed E-state index contributed by atoms with van der Waals surface area (Å²) in [4.78, 5) is 13.5. The molecule has 0 aliphatic heterocycles. The first kappa shape index (κ1) is 15.9. The van der Waals surface area contributed by atoms with Crippen LogP contribution in [0.1, 0.15) is 40.6 Å². The van der Waals surface area contributed by atoms with Crippen LogP contribution in [0.15, 0.2) is 51.8 Å². The summed E-state index contributed by atoms with van der Waals surface area (Å²) in [5.74, 6) is 0.968. The number of rotatable bonds is 5. The Hall–Kier alpha value is -2.00. The lowest BCUT2D eigenvalue weighted by atomic mass is 9.98. The van der Waals surface area contributed by atoms with Crippen molar-refractivity contribution < 1.29 is 9.21 Å². The van der Waals surface area contributed by atoms with Gasteiger partial charge in [-0.1, -0.05) is 19.1 Å². The SMILES string of the molecule is CCC(=O)c1cc(Cc2ccc(SC)cc2)cc2cc(C)oc12. The molecule has 0 saturated carbocycles. The van der Waals surface area contributed by atoms with Crippen LogP contribution in [0.4, 0.5) is 0 Å². The Bertz CT molecular complexity index is 844. The molecule has 0 radical (unpaired) electrons. The molecule has 23 heavy (non-hydrogen) atoms. The van der Waals surface area contributed by atoms with Crippen molar-refractivity contribution in [3.05, 3.63) is 64.9 Å². The van der Waals surface area contributed by atoms with Crippen LogP contribution in [0.2, 0.25) is 0 Å². The zero-order valence-corrected chi connectivity index (χ0v) is 14.5. The van der Waals surface area contributed by atoms with Gasteiger partial charge in [-0.3, -0.25) is 4.79 Å². The fourth-order valence-corrected chi connectivity index (χ4v) is 3.23. The second-order valence-corrected chi connectivity index (χ2v) is 6.60. The molecule has 0 N–H and O–H groups in total. The highest BCUT2D eigenvalue weighted by Crippen LogP contribution is 2.27. The van der Waals surface area contributed by atoms with E-state index in [2.05, 4.69) is 36.6 Å². The van der Waals surface area contributed by atoms with Crippen LogP contribution in [0.3, 0.4) is 0 Å². The lowest BCUT2D eigenvalue weighted by molar-refractivity contribution is 0.0988. The van der Waals surface area contributed by atoms with Crippen molar-refractivity contribution >= 4 is 28.5 Å². The summed E-state index contributed by atoms with van der Waals surface area (Å²) >= 11 is 1.74. The summed E-state index contributed by atoms with van der Waals surface area (Å²) < 4.78 is 5.73. The van der Waals surface area contributed by atoms with Gasteiger partial charge in [0.2, 0.25) is 0 Å². The predicted octanol–water partition coefficient (Wildman–Crippen LogP) is 5.65. The molecule has 0 saturated heterocycles. The highest BCUT2D eigenvalue weighted by molar-refractivity contribution is 7.98. The van der Waals surface area contributed by atoms with Crippen LogP contribution in [-0.2, 0) is 6.42 Å². The van der Waals surface area contributed by atoms with Gasteiger partial charge in [-0.05, 0) is 61.1 Å². The van der Waals surface area contributed by atoms with Crippen molar-refractivity contribution in [3.8, 4) is 0 Å². The second-order valence-electron chi connectivity index (χ2n) is 5.72. The smallest absolute Gasteiger partial charge is 0.166 e. The largest absolute Gasteiger partial charge is 0.461 e. The Morgan fingerprint density at radius 2 is 1.83 bits per heavy atom. The molecule has 0 bridgehead atoms. The molecule has 0 spiro atoms. The summed E-state index contributed by atoms with van der Waals surface area (Å²) in [7, 11) is 0. The standard InChI is InChI=1S/C20H20O2S/c1-4-19(21)18-12-15(11-16-9-13(2)22-20(16)18)10-14-5-7-17(23-3)8-6-14/h5-9,11-12H,4,10H2,1-3H3. The predicted molar refractivity (Wildman–Crippen MR) is 96.6 cm³/mol. The molecule has 1 aromatic heterocycles. The maximum absolute atomic E-state index is 12.3. The zero-order chi connectivity index (χ0) is 16.4. The summed E-state index contributed by atoms with van der Waals surface area (Å²) in [6.07, 6.45) is 3.38. The lowest BCUT2D eigenvalue weighted by Gasteiger charge is -2.07. The van der Waals surface area contributed by atoms with Gasteiger partial charge in [0.1, 0.15) is 11.3 Å². The molecule has 118 valence electrons. The van der Waals surface area contributed by atoms with Gasteiger partial charge in [0.25, 0.3) is 0 Å². The zero-order valence-electron chi connectivity index (χ0n) is 13.7. The number of hydrogen-bond acceptors (Lipinski definition) is 3. The number of hydrogen-bond donors (Lipinski definition) is 0. The van der Waals surface area contributed by atoms with Crippen molar-refractivity contribution in [2.45, 2.75) is 31.6 Å². The molecule has 3 aromatic rings. The quantitative estimate of drug-likeness (QED) is 0.449. The van der Waals surface area contributed by atoms with Gasteiger partial charge in [-0.2, -0.15) is 0 Å². The van der Waals surface area contributed by atoms with Gasteiger partial charge >= 0.3 is 0 Å². The molecule has 0 amide bonds. The molecular weight excluding hydrogens is 304 g/mol. The first-order valence-electron chi connectivity index (χ1n) is 7.80. The monoisotopic (exact) mass is 324 g/mol. The highest BCUT2D eigenvalue weighted by Gasteiger charge is 2.14. The maximum Gasteiger partial charge on any atom is 0.166 e. The number of aryl methyl sites for hydroxylation is 1. The van der Waals surface area contributed by atoms with Crippen LogP contribution >= 0.6 is 11.8 Å². The van der Waals surface area contributed by atoms with Gasteiger partial charge in [0, 0.05) is 16.7 Å².